The van der Waals surface area contributed by atoms with Crippen LogP contribution in [0.5, 0.6) is 0 Å². The molecule has 2 aromatic carbocycles. The smallest absolute Gasteiger partial charge is 0.360 e. The van der Waals surface area contributed by atoms with Crippen LogP contribution in [0.25, 0.3) is 21.2 Å². The molecule has 0 spiro atoms. The van der Waals surface area contributed by atoms with Crippen molar-refractivity contribution in [1.29, 1.82) is 0 Å². The van der Waals surface area contributed by atoms with E-state index in [1.165, 1.54) is 35.7 Å². The van der Waals surface area contributed by atoms with Gasteiger partial charge in [0.25, 0.3) is 5.91 Å². The Bertz CT molecular complexity index is 1430. The predicted octanol–water partition coefficient (Wildman–Crippen LogP) is 5.39. The molecule has 2 aromatic heterocycles. The number of hydrogen-bond acceptors (Lipinski definition) is 6. The molecule has 1 aliphatic carbocycles. The number of halogens is 4. The second-order valence-electron chi connectivity index (χ2n) is 9.05. The number of carbonyl (C=O) groups is 1. The second kappa shape index (κ2) is 10.1. The number of alkyl halides is 3. The minimum Gasteiger partial charge on any atom is -0.360 e. The molecule has 37 heavy (non-hydrogen) atoms. The molecule has 1 aliphatic rings. The van der Waals surface area contributed by atoms with Crippen LogP contribution in [0.15, 0.2) is 54.7 Å². The van der Waals surface area contributed by atoms with Crippen molar-refractivity contribution in [2.45, 2.75) is 37.5 Å². The molecule has 0 saturated heterocycles. The topological polar surface area (TPSA) is 92.9 Å². The average Bonchev–Trinajstić information content (AvgIpc) is 3.56. The van der Waals surface area contributed by atoms with Gasteiger partial charge < -0.3 is 16.4 Å². The molecule has 0 radical (unpaired) electrons. The van der Waals surface area contributed by atoms with Gasteiger partial charge in [-0.1, -0.05) is 35.6 Å². The Kier molecular flexibility index (Phi) is 6.82. The van der Waals surface area contributed by atoms with E-state index in [0.717, 1.165) is 35.9 Å². The molecular formula is C26H23F4N5OS. The van der Waals surface area contributed by atoms with Gasteiger partial charge in [-0.3, -0.25) is 4.79 Å². The Morgan fingerprint density at radius 1 is 1.11 bits per heavy atom. The number of thiazole rings is 1. The zero-order valence-corrected chi connectivity index (χ0v) is 20.3. The number of pyridine rings is 1. The van der Waals surface area contributed by atoms with Crippen molar-refractivity contribution in [2.24, 2.45) is 5.73 Å². The lowest BCUT2D eigenvalue weighted by Gasteiger charge is -2.13. The van der Waals surface area contributed by atoms with Crippen LogP contribution in [-0.2, 0) is 12.6 Å². The van der Waals surface area contributed by atoms with Crippen LogP contribution < -0.4 is 16.4 Å². The summed E-state index contributed by atoms with van der Waals surface area (Å²) in [4.78, 5) is 21.7. The number of benzene rings is 2. The van der Waals surface area contributed by atoms with Gasteiger partial charge in [-0.25, -0.2) is 9.97 Å². The van der Waals surface area contributed by atoms with E-state index >= 15 is 0 Å². The van der Waals surface area contributed by atoms with E-state index in [1.807, 2.05) is 12.1 Å². The first-order valence-electron chi connectivity index (χ1n) is 11.7. The van der Waals surface area contributed by atoms with Crippen molar-refractivity contribution >= 4 is 33.1 Å². The maximum atomic E-state index is 13.7. The molecule has 5 rings (SSSR count). The third-order valence-corrected chi connectivity index (χ3v) is 7.06. The van der Waals surface area contributed by atoms with Crippen molar-refractivity contribution in [1.82, 2.24) is 15.3 Å². The molecule has 11 heteroatoms. The first-order valence-corrected chi connectivity index (χ1v) is 12.5. The third kappa shape index (κ3) is 6.05. The molecule has 4 N–H and O–H groups in total. The zero-order valence-electron chi connectivity index (χ0n) is 19.5. The predicted molar refractivity (Wildman–Crippen MR) is 135 cm³/mol. The molecule has 192 valence electrons. The largest absolute Gasteiger partial charge is 0.416 e. The van der Waals surface area contributed by atoms with Crippen molar-refractivity contribution in [3.05, 3.63) is 77.5 Å². The van der Waals surface area contributed by atoms with E-state index in [2.05, 4.69) is 20.6 Å². The lowest BCUT2D eigenvalue weighted by Crippen LogP contribution is -2.31. The minimum absolute atomic E-state index is 0.146. The maximum Gasteiger partial charge on any atom is 0.416 e. The molecule has 0 bridgehead atoms. The van der Waals surface area contributed by atoms with Gasteiger partial charge in [-0.05, 0) is 54.0 Å². The molecule has 1 fully saturated rings. The number of aromatic nitrogens is 2. The summed E-state index contributed by atoms with van der Waals surface area (Å²) in [6.07, 6.45) is -0.714. The van der Waals surface area contributed by atoms with Gasteiger partial charge in [0.2, 0.25) is 5.95 Å². The Morgan fingerprint density at radius 2 is 1.86 bits per heavy atom. The summed E-state index contributed by atoms with van der Waals surface area (Å²) in [7, 11) is 0. The standard InChI is InChI=1S/C26H23F4N5OS/c27-21-11-17-10-15(3-4-16(17)12-32-21)23-22(24(36)34-20-7-8-20)35-25(37-23)33-13-19(31)9-14-1-5-18(6-2-14)26(28,29)30/h1-6,10-12,19-20H,7-9,13,31H2,(H,33,35)(H,34,36)/t19-/m0/s1. The maximum absolute atomic E-state index is 13.7. The molecular weight excluding hydrogens is 506 g/mol. The Morgan fingerprint density at radius 3 is 2.57 bits per heavy atom. The highest BCUT2D eigenvalue weighted by Gasteiger charge is 2.30. The van der Waals surface area contributed by atoms with E-state index in [4.69, 9.17) is 5.73 Å². The zero-order chi connectivity index (χ0) is 26.2. The average molecular weight is 530 g/mol. The number of rotatable bonds is 8. The highest BCUT2D eigenvalue weighted by molar-refractivity contribution is 7.19. The molecule has 6 nitrogen and oxygen atoms in total. The van der Waals surface area contributed by atoms with Crippen LogP contribution in [0.2, 0.25) is 0 Å². The van der Waals surface area contributed by atoms with Crippen molar-refractivity contribution in [3.8, 4) is 10.4 Å². The van der Waals surface area contributed by atoms with E-state index in [-0.39, 0.29) is 17.6 Å². The third-order valence-electron chi connectivity index (χ3n) is 6.00. The summed E-state index contributed by atoms with van der Waals surface area (Å²) >= 11 is 1.28. The number of amides is 1. The summed E-state index contributed by atoms with van der Waals surface area (Å²) in [5.41, 5.74) is 7.18. The number of carbonyl (C=O) groups excluding carboxylic acids is 1. The summed E-state index contributed by atoms with van der Waals surface area (Å²) in [6.45, 7) is 0.298. The van der Waals surface area contributed by atoms with Gasteiger partial charge in [-0.15, -0.1) is 0 Å². The molecule has 4 aromatic rings. The van der Waals surface area contributed by atoms with Gasteiger partial charge in [0, 0.05) is 36.3 Å². The van der Waals surface area contributed by atoms with Crippen LogP contribution in [-0.4, -0.2) is 34.5 Å². The second-order valence-corrected chi connectivity index (χ2v) is 10.1. The van der Waals surface area contributed by atoms with Gasteiger partial charge in [-0.2, -0.15) is 17.6 Å². The van der Waals surface area contributed by atoms with Crippen LogP contribution in [0.1, 0.15) is 34.5 Å². The lowest BCUT2D eigenvalue weighted by molar-refractivity contribution is -0.137. The fourth-order valence-corrected chi connectivity index (χ4v) is 4.87. The van der Waals surface area contributed by atoms with E-state index < -0.39 is 23.7 Å². The van der Waals surface area contributed by atoms with Crippen LogP contribution in [0.4, 0.5) is 22.7 Å². The fraction of sp³-hybridized carbons (Fsp3) is 0.269. The minimum atomic E-state index is -4.38. The number of nitrogens with one attached hydrogen (secondary N) is 2. The molecule has 1 amide bonds. The van der Waals surface area contributed by atoms with Crippen LogP contribution in [0.3, 0.4) is 0 Å². The van der Waals surface area contributed by atoms with E-state index in [0.29, 0.717) is 33.9 Å². The highest BCUT2D eigenvalue weighted by Crippen LogP contribution is 2.35. The van der Waals surface area contributed by atoms with Gasteiger partial charge in [0.15, 0.2) is 5.13 Å². The summed E-state index contributed by atoms with van der Waals surface area (Å²) in [5, 5.41) is 8.02. The number of fused-ring (bicyclic) bond motifs is 1. The quantitative estimate of drug-likeness (QED) is 0.210. The first-order chi connectivity index (χ1) is 17.7. The Hall–Kier alpha value is -3.57. The first kappa shape index (κ1) is 25.1. The fourth-order valence-electron chi connectivity index (χ4n) is 3.91. The normalized spacial score (nSPS) is 14.5. The Labute approximate surface area is 213 Å². The van der Waals surface area contributed by atoms with Crippen molar-refractivity contribution < 1.29 is 22.4 Å². The van der Waals surface area contributed by atoms with E-state index in [1.54, 1.807) is 6.07 Å². The molecule has 0 unspecified atom stereocenters. The van der Waals surface area contributed by atoms with Gasteiger partial charge in [0.05, 0.1) is 10.4 Å². The van der Waals surface area contributed by atoms with Gasteiger partial charge >= 0.3 is 6.18 Å². The lowest BCUT2D eigenvalue weighted by atomic mass is 10.0. The highest BCUT2D eigenvalue weighted by atomic mass is 32.1. The number of nitrogens with two attached hydrogens (primary N) is 1. The van der Waals surface area contributed by atoms with Crippen molar-refractivity contribution in [3.63, 3.8) is 0 Å². The summed E-state index contributed by atoms with van der Waals surface area (Å²) in [5.74, 6) is -0.873. The molecule has 1 atom stereocenters. The van der Waals surface area contributed by atoms with Crippen LogP contribution >= 0.6 is 11.3 Å². The molecule has 2 heterocycles. The summed E-state index contributed by atoms with van der Waals surface area (Å²) < 4.78 is 52.0. The van der Waals surface area contributed by atoms with Gasteiger partial charge in [0.1, 0.15) is 5.69 Å². The monoisotopic (exact) mass is 529 g/mol. The number of anilines is 1. The molecule has 0 aliphatic heterocycles. The van der Waals surface area contributed by atoms with Crippen molar-refractivity contribution in [2.75, 3.05) is 11.9 Å². The number of nitrogens with zero attached hydrogens (tertiary/aromatic N) is 2. The van der Waals surface area contributed by atoms with E-state index in [9.17, 15) is 22.4 Å². The Balaban J connectivity index is 1.33. The summed E-state index contributed by atoms with van der Waals surface area (Å²) in [6, 6.07) is 11.4. The van der Waals surface area contributed by atoms with Crippen LogP contribution in [0, 0.1) is 5.95 Å². The number of hydrogen-bond donors (Lipinski definition) is 3. The molecule has 1 saturated carbocycles. The SMILES string of the molecule is N[C@H](CNc1nc(C(=O)NC2CC2)c(-c2ccc3cnc(F)cc3c2)s1)Cc1ccc(C(F)(F)F)cc1.